The second kappa shape index (κ2) is 7.90. The normalized spacial score (nSPS) is 16.0. The largest absolute Gasteiger partial charge is 0.404 e. The minimum atomic E-state index is -4.70. The highest BCUT2D eigenvalue weighted by Gasteiger charge is 2.39. The van der Waals surface area contributed by atoms with Crippen molar-refractivity contribution in [2.45, 2.75) is 56.3 Å². The first-order valence-corrected chi connectivity index (χ1v) is 11.6. The molecule has 1 aromatic carbocycles. The van der Waals surface area contributed by atoms with E-state index in [-0.39, 0.29) is 10.9 Å². The molecule has 2 aromatic heterocycles. The van der Waals surface area contributed by atoms with Crippen LogP contribution in [-0.4, -0.2) is 30.2 Å². The number of alkyl halides is 3. The van der Waals surface area contributed by atoms with E-state index in [0.29, 0.717) is 17.0 Å². The van der Waals surface area contributed by atoms with E-state index in [4.69, 9.17) is 0 Å². The summed E-state index contributed by atoms with van der Waals surface area (Å²) in [5, 5.41) is 10.7. The predicted octanol–water partition coefficient (Wildman–Crippen LogP) is 4.84. The molecule has 1 aliphatic carbocycles. The smallest absolute Gasteiger partial charge is 0.335 e. The van der Waals surface area contributed by atoms with E-state index in [1.807, 2.05) is 25.1 Å². The van der Waals surface area contributed by atoms with Crippen molar-refractivity contribution in [3.63, 3.8) is 0 Å². The van der Waals surface area contributed by atoms with Crippen molar-refractivity contribution in [1.82, 2.24) is 14.3 Å². The van der Waals surface area contributed by atoms with Crippen molar-refractivity contribution in [3.8, 4) is 17.5 Å². The summed E-state index contributed by atoms with van der Waals surface area (Å²) in [4.78, 5) is 3.86. The van der Waals surface area contributed by atoms with Gasteiger partial charge in [0.25, 0.3) is 0 Å². The first-order chi connectivity index (χ1) is 15.0. The lowest BCUT2D eigenvalue weighted by Gasteiger charge is -2.30. The summed E-state index contributed by atoms with van der Waals surface area (Å²) in [6, 6.07) is 8.75. The SMILES string of the molecule is Cc1ccc2c(c1)c(C#N)c(-c1ccc(S(=O)(=O)N[C@H](C)C(F)(F)F)cn1)n2C1CCC1. The molecular weight excluding hydrogens is 441 g/mol. The topological polar surface area (TPSA) is 87.8 Å². The highest BCUT2D eigenvalue weighted by Crippen LogP contribution is 2.42. The van der Waals surface area contributed by atoms with Crippen LogP contribution in [0.2, 0.25) is 0 Å². The van der Waals surface area contributed by atoms with Gasteiger partial charge in [-0.05, 0) is 57.4 Å². The molecule has 1 saturated carbocycles. The molecule has 0 aliphatic heterocycles. The summed E-state index contributed by atoms with van der Waals surface area (Å²) in [6.45, 7) is 2.67. The molecule has 0 spiro atoms. The zero-order valence-corrected chi connectivity index (χ0v) is 18.3. The van der Waals surface area contributed by atoms with Crippen molar-refractivity contribution in [1.29, 1.82) is 5.26 Å². The van der Waals surface area contributed by atoms with Crippen LogP contribution in [0.15, 0.2) is 41.4 Å². The Labute approximate surface area is 183 Å². The van der Waals surface area contributed by atoms with Gasteiger partial charge in [0.2, 0.25) is 10.0 Å². The first kappa shape index (κ1) is 22.3. The van der Waals surface area contributed by atoms with E-state index in [1.165, 1.54) is 12.1 Å². The summed E-state index contributed by atoms with van der Waals surface area (Å²) < 4.78 is 66.8. The summed E-state index contributed by atoms with van der Waals surface area (Å²) in [6.07, 6.45) is -0.687. The number of nitrogens with zero attached hydrogens (tertiary/aromatic N) is 3. The molecule has 6 nitrogen and oxygen atoms in total. The number of fused-ring (bicyclic) bond motifs is 1. The third-order valence-corrected chi connectivity index (χ3v) is 7.35. The second-order valence-corrected chi connectivity index (χ2v) is 9.79. The monoisotopic (exact) mass is 462 g/mol. The standard InChI is InChI=1S/C22H21F3N4O2S/c1-13-6-9-20-17(10-13)18(11-26)21(29(20)15-4-3-5-15)19-8-7-16(12-27-19)32(30,31)28-14(2)22(23,24)25/h6-10,12,14-15,28H,3-5H2,1-2H3/t14-/m1/s1. The van der Waals surface area contributed by atoms with Gasteiger partial charge in [-0.15, -0.1) is 0 Å². The van der Waals surface area contributed by atoms with Crippen LogP contribution in [0.1, 0.15) is 43.4 Å². The van der Waals surface area contributed by atoms with Crippen LogP contribution >= 0.6 is 0 Å². The number of aryl methyl sites for hydroxylation is 1. The average Bonchev–Trinajstić information content (AvgIpc) is 2.99. The van der Waals surface area contributed by atoms with Crippen molar-refractivity contribution in [3.05, 3.63) is 47.7 Å². The summed E-state index contributed by atoms with van der Waals surface area (Å²) in [5.41, 5.74) is 3.35. The molecule has 1 fully saturated rings. The van der Waals surface area contributed by atoms with Gasteiger partial charge in [-0.25, -0.2) is 8.42 Å². The van der Waals surface area contributed by atoms with Crippen LogP contribution in [0.5, 0.6) is 0 Å². The number of hydrogen-bond acceptors (Lipinski definition) is 4. The molecule has 1 aliphatic rings. The molecule has 32 heavy (non-hydrogen) atoms. The highest BCUT2D eigenvalue weighted by atomic mass is 32.2. The van der Waals surface area contributed by atoms with Gasteiger partial charge in [-0.3, -0.25) is 4.98 Å². The molecule has 0 bridgehead atoms. The molecule has 0 saturated heterocycles. The molecule has 2 heterocycles. The average molecular weight is 462 g/mol. The van der Waals surface area contributed by atoms with Crippen LogP contribution in [0.4, 0.5) is 13.2 Å². The molecule has 0 radical (unpaired) electrons. The Balaban J connectivity index is 1.80. The van der Waals surface area contributed by atoms with Crippen molar-refractivity contribution in [2.75, 3.05) is 0 Å². The fraction of sp³-hybridized carbons (Fsp3) is 0.364. The van der Waals surface area contributed by atoms with Gasteiger partial charge in [0.1, 0.15) is 17.0 Å². The lowest BCUT2D eigenvalue weighted by Crippen LogP contribution is -2.42. The van der Waals surface area contributed by atoms with Gasteiger partial charge < -0.3 is 4.57 Å². The van der Waals surface area contributed by atoms with Gasteiger partial charge >= 0.3 is 6.18 Å². The van der Waals surface area contributed by atoms with Crippen LogP contribution in [0.3, 0.4) is 0 Å². The number of halogens is 3. The van der Waals surface area contributed by atoms with E-state index >= 15 is 0 Å². The molecule has 3 aromatic rings. The van der Waals surface area contributed by atoms with Crippen LogP contribution in [-0.2, 0) is 10.0 Å². The Hall–Kier alpha value is -2.90. The molecule has 4 rings (SSSR count). The molecule has 0 amide bonds. The number of aromatic nitrogens is 2. The number of nitriles is 1. The molecule has 1 atom stereocenters. The molecule has 0 unspecified atom stereocenters. The van der Waals surface area contributed by atoms with Crippen LogP contribution < -0.4 is 4.72 Å². The number of hydrogen-bond donors (Lipinski definition) is 1. The molecular formula is C22H21F3N4O2S. The zero-order valence-electron chi connectivity index (χ0n) is 17.4. The van der Waals surface area contributed by atoms with Gasteiger partial charge in [0.05, 0.1) is 22.5 Å². The van der Waals surface area contributed by atoms with Crippen LogP contribution in [0.25, 0.3) is 22.3 Å². The van der Waals surface area contributed by atoms with Gasteiger partial charge in [0.15, 0.2) is 0 Å². The fourth-order valence-corrected chi connectivity index (χ4v) is 5.04. The summed E-state index contributed by atoms with van der Waals surface area (Å²) >= 11 is 0. The predicted molar refractivity (Wildman–Crippen MR) is 113 cm³/mol. The van der Waals surface area contributed by atoms with E-state index in [2.05, 4.69) is 15.6 Å². The second-order valence-electron chi connectivity index (χ2n) is 8.07. The Morgan fingerprint density at radius 2 is 1.97 bits per heavy atom. The van der Waals surface area contributed by atoms with E-state index in [0.717, 1.165) is 48.8 Å². The number of sulfonamides is 1. The van der Waals surface area contributed by atoms with Crippen molar-refractivity contribution >= 4 is 20.9 Å². The zero-order chi connectivity index (χ0) is 23.3. The van der Waals surface area contributed by atoms with Gasteiger partial charge in [-0.2, -0.15) is 23.2 Å². The minimum absolute atomic E-state index is 0.205. The number of rotatable bonds is 5. The van der Waals surface area contributed by atoms with E-state index in [1.54, 1.807) is 4.72 Å². The maximum atomic E-state index is 12.8. The first-order valence-electron chi connectivity index (χ1n) is 10.1. The van der Waals surface area contributed by atoms with Crippen molar-refractivity contribution < 1.29 is 21.6 Å². The maximum Gasteiger partial charge on any atom is 0.404 e. The summed E-state index contributed by atoms with van der Waals surface area (Å²) in [5.74, 6) is 0. The van der Waals surface area contributed by atoms with E-state index in [9.17, 15) is 26.9 Å². The van der Waals surface area contributed by atoms with Gasteiger partial charge in [-0.1, -0.05) is 11.6 Å². The fourth-order valence-electron chi connectivity index (χ4n) is 3.86. The van der Waals surface area contributed by atoms with E-state index < -0.39 is 22.2 Å². The minimum Gasteiger partial charge on any atom is -0.335 e. The number of nitrogens with one attached hydrogen (secondary N) is 1. The lowest BCUT2D eigenvalue weighted by molar-refractivity contribution is -0.147. The molecule has 168 valence electrons. The quantitative estimate of drug-likeness (QED) is 0.588. The number of benzene rings is 1. The third kappa shape index (κ3) is 3.87. The highest BCUT2D eigenvalue weighted by molar-refractivity contribution is 7.89. The lowest BCUT2D eigenvalue weighted by atomic mass is 9.92. The van der Waals surface area contributed by atoms with Crippen LogP contribution in [0, 0.1) is 18.3 Å². The van der Waals surface area contributed by atoms with Gasteiger partial charge in [0, 0.05) is 17.6 Å². The Morgan fingerprint density at radius 1 is 1.25 bits per heavy atom. The third-order valence-electron chi connectivity index (χ3n) is 5.82. The molecule has 1 N–H and O–H groups in total. The Morgan fingerprint density at radius 3 is 2.50 bits per heavy atom. The summed E-state index contributed by atoms with van der Waals surface area (Å²) in [7, 11) is -4.41. The Bertz CT molecular complexity index is 1320. The number of pyridine rings is 1. The maximum absolute atomic E-state index is 12.8. The van der Waals surface area contributed by atoms with Crippen molar-refractivity contribution in [2.24, 2.45) is 0 Å². The molecule has 10 heteroatoms. The Kier molecular flexibility index (Phi) is 5.51.